The van der Waals surface area contributed by atoms with Gasteiger partial charge in [-0.1, -0.05) is 36.9 Å². The zero-order valence-electron chi connectivity index (χ0n) is 9.36. The zero-order chi connectivity index (χ0) is 11.3. The molecule has 0 saturated carbocycles. The summed E-state index contributed by atoms with van der Waals surface area (Å²) in [4.78, 5) is 12.9. The lowest BCUT2D eigenvalue weighted by atomic mass is 10.1. The van der Waals surface area contributed by atoms with Crippen molar-refractivity contribution in [1.82, 2.24) is 4.90 Å². The number of rotatable bonds is 5. The Hall–Kier alpha value is -1.57. The fourth-order valence-electron chi connectivity index (χ4n) is 1.31. The summed E-state index contributed by atoms with van der Waals surface area (Å²) in [7, 11) is 1.96. The maximum Gasteiger partial charge on any atom is 0.131 e. The molecule has 0 bridgehead atoms. The first-order valence-electron chi connectivity index (χ1n) is 5.06. The van der Waals surface area contributed by atoms with E-state index in [0.717, 1.165) is 17.8 Å². The number of benzene rings is 1. The second kappa shape index (κ2) is 5.35. The third-order valence-corrected chi connectivity index (χ3v) is 2.37. The van der Waals surface area contributed by atoms with Crippen LogP contribution in [0.3, 0.4) is 0 Å². The van der Waals surface area contributed by atoms with Crippen molar-refractivity contribution in [2.24, 2.45) is 0 Å². The highest BCUT2D eigenvalue weighted by atomic mass is 16.1. The highest BCUT2D eigenvalue weighted by Crippen LogP contribution is 2.14. The minimum Gasteiger partial charge on any atom is -0.374 e. The van der Waals surface area contributed by atoms with Gasteiger partial charge >= 0.3 is 0 Å². The Morgan fingerprint density at radius 1 is 1.33 bits per heavy atom. The Balaban J connectivity index is 2.57. The van der Waals surface area contributed by atoms with E-state index in [4.69, 9.17) is 0 Å². The van der Waals surface area contributed by atoms with E-state index in [-0.39, 0.29) is 5.78 Å². The molecule has 0 saturated heterocycles. The normalized spacial score (nSPS) is 9.73. The molecule has 0 amide bonds. The Kier molecular flexibility index (Phi) is 4.10. The van der Waals surface area contributed by atoms with Crippen LogP contribution >= 0.6 is 0 Å². The lowest BCUT2D eigenvalue weighted by Gasteiger charge is -2.21. The molecule has 80 valence electrons. The topological polar surface area (TPSA) is 20.3 Å². The van der Waals surface area contributed by atoms with Crippen LogP contribution in [0.25, 0.3) is 5.70 Å². The van der Waals surface area contributed by atoms with Gasteiger partial charge < -0.3 is 4.90 Å². The third-order valence-electron chi connectivity index (χ3n) is 2.37. The molecule has 2 nitrogen and oxygen atoms in total. The minimum absolute atomic E-state index is 0.211. The number of ketones is 1. The average Bonchev–Trinajstić information content (AvgIpc) is 2.26. The summed E-state index contributed by atoms with van der Waals surface area (Å²) in [6.07, 6.45) is 0.572. The number of hydrogen-bond acceptors (Lipinski definition) is 2. The highest BCUT2D eigenvalue weighted by molar-refractivity contribution is 5.76. The van der Waals surface area contributed by atoms with E-state index in [0.29, 0.717) is 6.42 Å². The number of carbonyl (C=O) groups excluding carboxylic acids is 1. The standard InChI is InChI=1S/C13H17NO/c1-11(15)9-10-14(3)12(2)13-7-5-4-6-8-13/h4-8H,2,9-10H2,1,3H3. The van der Waals surface area contributed by atoms with Crippen LogP contribution in [0.15, 0.2) is 36.9 Å². The molecular weight excluding hydrogens is 186 g/mol. The largest absolute Gasteiger partial charge is 0.374 e. The SMILES string of the molecule is C=C(c1ccccc1)N(C)CCC(C)=O. The van der Waals surface area contributed by atoms with Crippen LogP contribution in [0.1, 0.15) is 18.9 Å². The molecule has 1 rings (SSSR count). The third kappa shape index (κ3) is 3.58. The summed E-state index contributed by atoms with van der Waals surface area (Å²) < 4.78 is 0. The first kappa shape index (κ1) is 11.5. The molecule has 1 aromatic rings. The summed E-state index contributed by atoms with van der Waals surface area (Å²) in [6, 6.07) is 9.99. The van der Waals surface area contributed by atoms with Crippen LogP contribution in [0.5, 0.6) is 0 Å². The Morgan fingerprint density at radius 3 is 2.47 bits per heavy atom. The van der Waals surface area contributed by atoms with E-state index in [1.807, 2.05) is 42.3 Å². The molecule has 0 atom stereocenters. The second-order valence-electron chi connectivity index (χ2n) is 3.69. The van der Waals surface area contributed by atoms with Gasteiger partial charge in [0.05, 0.1) is 0 Å². The van der Waals surface area contributed by atoms with E-state index < -0.39 is 0 Å². The number of carbonyl (C=O) groups is 1. The number of nitrogens with zero attached hydrogens (tertiary/aromatic N) is 1. The molecule has 1 aromatic carbocycles. The van der Waals surface area contributed by atoms with Gasteiger partial charge in [-0.2, -0.15) is 0 Å². The first-order chi connectivity index (χ1) is 7.11. The molecule has 0 unspecified atom stereocenters. The van der Waals surface area contributed by atoms with Crippen molar-refractivity contribution in [3.05, 3.63) is 42.5 Å². The molecule has 15 heavy (non-hydrogen) atoms. The minimum atomic E-state index is 0.211. The molecular formula is C13H17NO. The monoisotopic (exact) mass is 203 g/mol. The van der Waals surface area contributed by atoms with Crippen LogP contribution in [-0.4, -0.2) is 24.3 Å². The van der Waals surface area contributed by atoms with Gasteiger partial charge in [0.2, 0.25) is 0 Å². The quantitative estimate of drug-likeness (QED) is 0.733. The van der Waals surface area contributed by atoms with E-state index in [1.54, 1.807) is 6.92 Å². The van der Waals surface area contributed by atoms with Gasteiger partial charge in [0.1, 0.15) is 5.78 Å². The average molecular weight is 203 g/mol. The number of hydrogen-bond donors (Lipinski definition) is 0. The summed E-state index contributed by atoms with van der Waals surface area (Å²) in [5, 5.41) is 0. The molecule has 0 aliphatic rings. The van der Waals surface area contributed by atoms with Crippen LogP contribution < -0.4 is 0 Å². The summed E-state index contributed by atoms with van der Waals surface area (Å²) >= 11 is 0. The van der Waals surface area contributed by atoms with Crippen LogP contribution in [0, 0.1) is 0 Å². The van der Waals surface area contributed by atoms with Crippen LogP contribution in [0.2, 0.25) is 0 Å². The van der Waals surface area contributed by atoms with E-state index >= 15 is 0 Å². The molecule has 2 heteroatoms. The molecule has 0 aromatic heterocycles. The van der Waals surface area contributed by atoms with Gasteiger partial charge in [-0.25, -0.2) is 0 Å². The highest BCUT2D eigenvalue weighted by Gasteiger charge is 2.04. The predicted molar refractivity (Wildman–Crippen MR) is 63.4 cm³/mol. The van der Waals surface area contributed by atoms with Crippen molar-refractivity contribution in [3.63, 3.8) is 0 Å². The number of Topliss-reactive ketones (excluding diaryl/α,β-unsaturated/α-hetero) is 1. The van der Waals surface area contributed by atoms with Gasteiger partial charge in [-0.15, -0.1) is 0 Å². The summed E-state index contributed by atoms with van der Waals surface area (Å²) in [6.45, 7) is 6.35. The van der Waals surface area contributed by atoms with Gasteiger partial charge in [0.25, 0.3) is 0 Å². The van der Waals surface area contributed by atoms with Crippen molar-refractivity contribution >= 4 is 11.5 Å². The Morgan fingerprint density at radius 2 is 1.93 bits per heavy atom. The maximum atomic E-state index is 10.9. The zero-order valence-corrected chi connectivity index (χ0v) is 9.36. The van der Waals surface area contributed by atoms with Gasteiger partial charge in [0, 0.05) is 25.7 Å². The van der Waals surface area contributed by atoms with Crippen molar-refractivity contribution in [2.45, 2.75) is 13.3 Å². The Labute approximate surface area is 91.2 Å². The van der Waals surface area contributed by atoms with Crippen molar-refractivity contribution < 1.29 is 4.79 Å². The van der Waals surface area contributed by atoms with E-state index in [9.17, 15) is 4.79 Å². The fourth-order valence-corrected chi connectivity index (χ4v) is 1.31. The summed E-state index contributed by atoms with van der Waals surface area (Å²) in [5.74, 6) is 0.211. The van der Waals surface area contributed by atoms with Gasteiger partial charge in [-0.05, 0) is 12.5 Å². The predicted octanol–water partition coefficient (Wildman–Crippen LogP) is 2.57. The van der Waals surface area contributed by atoms with Crippen molar-refractivity contribution in [1.29, 1.82) is 0 Å². The van der Waals surface area contributed by atoms with Crippen molar-refractivity contribution in [2.75, 3.05) is 13.6 Å². The lowest BCUT2D eigenvalue weighted by Crippen LogP contribution is -2.19. The first-order valence-corrected chi connectivity index (χ1v) is 5.06. The molecule has 0 N–H and O–H groups in total. The van der Waals surface area contributed by atoms with Crippen molar-refractivity contribution in [3.8, 4) is 0 Å². The molecule has 0 aliphatic carbocycles. The van der Waals surface area contributed by atoms with Gasteiger partial charge in [0.15, 0.2) is 0 Å². The molecule has 0 radical (unpaired) electrons. The molecule has 0 spiro atoms. The maximum absolute atomic E-state index is 10.9. The molecule has 0 heterocycles. The Bertz CT molecular complexity index is 343. The molecule has 0 aliphatic heterocycles. The van der Waals surface area contributed by atoms with E-state index in [2.05, 4.69) is 6.58 Å². The molecule has 0 fully saturated rings. The van der Waals surface area contributed by atoms with Gasteiger partial charge in [-0.3, -0.25) is 4.79 Å². The van der Waals surface area contributed by atoms with Crippen LogP contribution in [-0.2, 0) is 4.79 Å². The van der Waals surface area contributed by atoms with Crippen LogP contribution in [0.4, 0.5) is 0 Å². The summed E-state index contributed by atoms with van der Waals surface area (Å²) in [5.41, 5.74) is 2.06. The second-order valence-corrected chi connectivity index (χ2v) is 3.69. The lowest BCUT2D eigenvalue weighted by molar-refractivity contribution is -0.117. The fraction of sp³-hybridized carbons (Fsp3) is 0.308. The van der Waals surface area contributed by atoms with E-state index in [1.165, 1.54) is 0 Å². The smallest absolute Gasteiger partial charge is 0.131 e.